The molecule has 5 nitrogen and oxygen atoms in total. The Morgan fingerprint density at radius 1 is 1.27 bits per heavy atom. The van der Waals surface area contributed by atoms with Gasteiger partial charge in [-0.1, -0.05) is 43.7 Å². The highest BCUT2D eigenvalue weighted by atomic mass is 16.5. The van der Waals surface area contributed by atoms with E-state index in [0.717, 1.165) is 18.4 Å². The number of hydrazone groups is 1. The summed E-state index contributed by atoms with van der Waals surface area (Å²) in [7, 11) is 0. The van der Waals surface area contributed by atoms with Gasteiger partial charge in [-0.15, -0.1) is 6.58 Å². The number of benzene rings is 2. The number of phenolic OH excluding ortho intramolecular Hbond substituents is 1. The molecule has 2 N–H and O–H groups in total. The van der Waals surface area contributed by atoms with Gasteiger partial charge in [0.05, 0.1) is 6.21 Å². The predicted octanol–water partition coefficient (Wildman–Crippen LogP) is 3.60. The second kappa shape index (κ2) is 10.0. The van der Waals surface area contributed by atoms with Crippen molar-refractivity contribution >= 4 is 12.1 Å². The second-order valence-corrected chi connectivity index (χ2v) is 5.82. The largest absolute Gasteiger partial charge is 0.507 e. The van der Waals surface area contributed by atoms with E-state index in [1.165, 1.54) is 11.8 Å². The molecule has 2 rings (SSSR count). The van der Waals surface area contributed by atoms with Gasteiger partial charge in [-0.05, 0) is 42.2 Å². The molecule has 0 heterocycles. The van der Waals surface area contributed by atoms with Gasteiger partial charge in [0.1, 0.15) is 11.5 Å². The third-order valence-electron chi connectivity index (χ3n) is 3.74. The zero-order valence-electron chi connectivity index (χ0n) is 14.9. The maximum Gasteiger partial charge on any atom is 0.277 e. The lowest BCUT2D eigenvalue weighted by atomic mass is 10.1. The average Bonchev–Trinajstić information content (AvgIpc) is 2.64. The van der Waals surface area contributed by atoms with E-state index >= 15 is 0 Å². The number of amides is 1. The summed E-state index contributed by atoms with van der Waals surface area (Å²) in [5.74, 6) is 0.396. The molecule has 0 fully saturated rings. The quantitative estimate of drug-likeness (QED) is 0.411. The van der Waals surface area contributed by atoms with Gasteiger partial charge in [0.15, 0.2) is 6.61 Å². The van der Waals surface area contributed by atoms with E-state index < -0.39 is 0 Å². The Kier molecular flexibility index (Phi) is 7.43. The lowest BCUT2D eigenvalue weighted by Crippen LogP contribution is -2.24. The average molecular weight is 352 g/mol. The maximum absolute atomic E-state index is 11.8. The number of para-hydroxylation sites is 1. The molecule has 0 unspecified atom stereocenters. The van der Waals surface area contributed by atoms with Crippen LogP contribution in [0.1, 0.15) is 30.0 Å². The molecule has 136 valence electrons. The fourth-order valence-corrected chi connectivity index (χ4v) is 2.43. The monoisotopic (exact) mass is 352 g/mol. The highest BCUT2D eigenvalue weighted by Gasteiger charge is 2.05. The van der Waals surface area contributed by atoms with Crippen molar-refractivity contribution in [2.45, 2.75) is 26.2 Å². The molecule has 0 spiro atoms. The fraction of sp³-hybridized carbons (Fsp3) is 0.238. The van der Waals surface area contributed by atoms with Crippen molar-refractivity contribution in [2.24, 2.45) is 5.10 Å². The van der Waals surface area contributed by atoms with Crippen LogP contribution in [-0.2, 0) is 17.6 Å². The molecule has 0 aromatic heterocycles. The molecule has 0 saturated carbocycles. The number of allylic oxidation sites excluding steroid dienone is 1. The van der Waals surface area contributed by atoms with Crippen LogP contribution in [0, 0.1) is 0 Å². The minimum absolute atomic E-state index is 0.132. The number of hydrogen-bond donors (Lipinski definition) is 2. The van der Waals surface area contributed by atoms with Crippen molar-refractivity contribution < 1.29 is 14.6 Å². The first kappa shape index (κ1) is 19.2. The van der Waals surface area contributed by atoms with Crippen LogP contribution < -0.4 is 10.2 Å². The number of ether oxygens (including phenoxy) is 1. The van der Waals surface area contributed by atoms with Crippen molar-refractivity contribution in [2.75, 3.05) is 6.61 Å². The van der Waals surface area contributed by atoms with Crippen molar-refractivity contribution in [1.82, 2.24) is 5.43 Å². The van der Waals surface area contributed by atoms with Crippen LogP contribution in [0.2, 0.25) is 0 Å². The Morgan fingerprint density at radius 2 is 2.04 bits per heavy atom. The molecule has 0 saturated heterocycles. The van der Waals surface area contributed by atoms with Gasteiger partial charge in [-0.2, -0.15) is 5.10 Å². The van der Waals surface area contributed by atoms with Gasteiger partial charge in [-0.3, -0.25) is 4.79 Å². The summed E-state index contributed by atoms with van der Waals surface area (Å²) in [6, 6.07) is 13.0. The van der Waals surface area contributed by atoms with Gasteiger partial charge in [0.2, 0.25) is 0 Å². The Labute approximate surface area is 154 Å². The minimum atomic E-state index is -0.374. The number of phenols is 1. The van der Waals surface area contributed by atoms with E-state index in [4.69, 9.17) is 4.74 Å². The number of carbonyl (C=O) groups excluding carboxylic acids is 1. The molecular weight excluding hydrogens is 328 g/mol. The standard InChI is InChI=1S/C21H24N2O3/c1-3-6-16-10-12-19(13-11-16)26-15-20(24)23-22-14-18-9-5-8-17(7-4-2)21(18)25/h4-5,8-14,25H,2-3,6-7,15H2,1H3,(H,23,24). The van der Waals surface area contributed by atoms with E-state index in [0.29, 0.717) is 17.7 Å². The summed E-state index contributed by atoms with van der Waals surface area (Å²) in [6.07, 6.45) is 5.79. The van der Waals surface area contributed by atoms with Crippen LogP contribution in [-0.4, -0.2) is 23.8 Å². The number of aromatic hydroxyl groups is 1. The van der Waals surface area contributed by atoms with Crippen LogP contribution in [0.15, 0.2) is 60.2 Å². The first-order valence-corrected chi connectivity index (χ1v) is 8.59. The molecule has 0 aliphatic carbocycles. The molecule has 5 heteroatoms. The molecule has 2 aromatic carbocycles. The van der Waals surface area contributed by atoms with E-state index in [2.05, 4.69) is 24.0 Å². The Bertz CT molecular complexity index is 767. The summed E-state index contributed by atoms with van der Waals surface area (Å²) >= 11 is 0. The van der Waals surface area contributed by atoms with Crippen LogP contribution in [0.5, 0.6) is 11.5 Å². The third kappa shape index (κ3) is 5.77. The molecule has 1 amide bonds. The van der Waals surface area contributed by atoms with E-state index in [1.54, 1.807) is 12.1 Å². The van der Waals surface area contributed by atoms with Crippen LogP contribution in [0.4, 0.5) is 0 Å². The van der Waals surface area contributed by atoms with Crippen molar-refractivity contribution in [3.05, 3.63) is 71.8 Å². The van der Waals surface area contributed by atoms with Crippen LogP contribution >= 0.6 is 0 Å². The number of nitrogens with one attached hydrogen (secondary N) is 1. The fourth-order valence-electron chi connectivity index (χ4n) is 2.43. The van der Waals surface area contributed by atoms with Gasteiger partial charge in [0, 0.05) is 5.56 Å². The highest BCUT2D eigenvalue weighted by molar-refractivity contribution is 5.86. The van der Waals surface area contributed by atoms with Crippen molar-refractivity contribution in [3.8, 4) is 11.5 Å². The second-order valence-electron chi connectivity index (χ2n) is 5.82. The third-order valence-corrected chi connectivity index (χ3v) is 3.74. The summed E-state index contributed by atoms with van der Waals surface area (Å²) in [6.45, 7) is 5.65. The number of rotatable bonds is 9. The number of hydrogen-bond acceptors (Lipinski definition) is 4. The van der Waals surface area contributed by atoms with Crippen LogP contribution in [0.25, 0.3) is 0 Å². The zero-order valence-corrected chi connectivity index (χ0v) is 14.9. The van der Waals surface area contributed by atoms with Crippen LogP contribution in [0.3, 0.4) is 0 Å². The summed E-state index contributed by atoms with van der Waals surface area (Å²) in [5, 5.41) is 14.0. The van der Waals surface area contributed by atoms with Crippen molar-refractivity contribution in [1.29, 1.82) is 0 Å². The molecular formula is C21H24N2O3. The predicted molar refractivity (Wildman–Crippen MR) is 104 cm³/mol. The van der Waals surface area contributed by atoms with Gasteiger partial charge in [0.25, 0.3) is 5.91 Å². The number of carbonyl (C=O) groups is 1. The number of aryl methyl sites for hydroxylation is 1. The molecule has 0 aliphatic heterocycles. The summed E-state index contributed by atoms with van der Waals surface area (Å²) in [4.78, 5) is 11.8. The SMILES string of the molecule is C=CCc1cccc(C=NNC(=O)COc2ccc(CCC)cc2)c1O. The summed E-state index contributed by atoms with van der Waals surface area (Å²) < 4.78 is 5.43. The Hall–Kier alpha value is -3.08. The van der Waals surface area contributed by atoms with E-state index in [9.17, 15) is 9.90 Å². The minimum Gasteiger partial charge on any atom is -0.507 e. The summed E-state index contributed by atoms with van der Waals surface area (Å²) in [5.41, 5.74) is 4.91. The molecule has 0 atom stereocenters. The van der Waals surface area contributed by atoms with Gasteiger partial charge < -0.3 is 9.84 Å². The first-order chi connectivity index (χ1) is 12.6. The molecule has 2 aromatic rings. The topological polar surface area (TPSA) is 70.9 Å². The highest BCUT2D eigenvalue weighted by Crippen LogP contribution is 2.21. The maximum atomic E-state index is 11.8. The lowest BCUT2D eigenvalue weighted by molar-refractivity contribution is -0.123. The molecule has 26 heavy (non-hydrogen) atoms. The molecule has 0 bridgehead atoms. The van der Waals surface area contributed by atoms with Crippen molar-refractivity contribution in [3.63, 3.8) is 0 Å². The van der Waals surface area contributed by atoms with E-state index in [-0.39, 0.29) is 18.3 Å². The van der Waals surface area contributed by atoms with Gasteiger partial charge in [-0.25, -0.2) is 5.43 Å². The van der Waals surface area contributed by atoms with E-state index in [1.807, 2.05) is 36.4 Å². The first-order valence-electron chi connectivity index (χ1n) is 8.59. The Balaban J connectivity index is 1.84. The molecule has 0 aliphatic rings. The smallest absolute Gasteiger partial charge is 0.277 e. The normalized spacial score (nSPS) is 10.7. The Morgan fingerprint density at radius 3 is 2.73 bits per heavy atom. The van der Waals surface area contributed by atoms with Gasteiger partial charge >= 0.3 is 0 Å². The zero-order chi connectivity index (χ0) is 18.8. The molecule has 0 radical (unpaired) electrons. The number of nitrogens with zero attached hydrogens (tertiary/aromatic N) is 1. The lowest BCUT2D eigenvalue weighted by Gasteiger charge is -2.06.